The third kappa shape index (κ3) is 4.66. The normalized spacial score (nSPS) is 13.9. The van der Waals surface area contributed by atoms with E-state index in [-0.39, 0.29) is 42.2 Å². The first-order chi connectivity index (χ1) is 16.7. The molecule has 4 rings (SSSR count). The van der Waals surface area contributed by atoms with E-state index >= 15 is 0 Å². The molecule has 0 fully saturated rings. The van der Waals surface area contributed by atoms with E-state index in [9.17, 15) is 19.2 Å². The Balaban J connectivity index is 1.59. The fourth-order valence-electron chi connectivity index (χ4n) is 3.99. The number of benzene rings is 1. The standard InChI is InChI=1S/C24H28N6O5/c1-5-6-11-29-21-20(22(32)26-24(29)34)28(4)18(25-21)13-35-23(33)16-9-10-19(31)30(27-16)17-12-14(2)7-8-15(17)3/h7-8,12H,5-6,9-11,13H2,1-4H3,(H,26,32,34). The lowest BCUT2D eigenvalue weighted by molar-refractivity contribution is -0.137. The molecule has 1 aliphatic heterocycles. The van der Waals surface area contributed by atoms with Crippen molar-refractivity contribution >= 4 is 34.4 Å². The van der Waals surface area contributed by atoms with Gasteiger partial charge in [-0.15, -0.1) is 0 Å². The van der Waals surface area contributed by atoms with Gasteiger partial charge in [0.1, 0.15) is 18.1 Å². The van der Waals surface area contributed by atoms with Crippen LogP contribution in [0, 0.1) is 13.8 Å². The lowest BCUT2D eigenvalue weighted by Gasteiger charge is -2.24. The zero-order valence-electron chi connectivity index (χ0n) is 20.3. The minimum absolute atomic E-state index is 0.127. The number of hydrazone groups is 1. The van der Waals surface area contributed by atoms with Crippen molar-refractivity contribution in [2.45, 2.75) is 59.6 Å². The van der Waals surface area contributed by atoms with Crippen molar-refractivity contribution in [1.29, 1.82) is 0 Å². The maximum absolute atomic E-state index is 12.8. The molecule has 1 aromatic carbocycles. The molecule has 0 saturated carbocycles. The molecule has 1 aliphatic rings. The molecule has 0 unspecified atom stereocenters. The molecule has 0 saturated heterocycles. The smallest absolute Gasteiger partial charge is 0.354 e. The van der Waals surface area contributed by atoms with Crippen LogP contribution in [-0.4, -0.2) is 36.7 Å². The second kappa shape index (κ2) is 9.69. The summed E-state index contributed by atoms with van der Waals surface area (Å²) in [4.78, 5) is 56.8. The van der Waals surface area contributed by atoms with E-state index in [1.165, 1.54) is 14.1 Å². The number of ether oxygens (including phenoxy) is 1. The van der Waals surface area contributed by atoms with Gasteiger partial charge in [0, 0.05) is 26.4 Å². The summed E-state index contributed by atoms with van der Waals surface area (Å²) >= 11 is 0. The van der Waals surface area contributed by atoms with Crippen LogP contribution in [0.5, 0.6) is 0 Å². The number of unbranched alkanes of at least 4 members (excludes halogenated alkanes) is 1. The van der Waals surface area contributed by atoms with Crippen molar-refractivity contribution in [2.75, 3.05) is 5.01 Å². The molecule has 0 spiro atoms. The number of amides is 1. The summed E-state index contributed by atoms with van der Waals surface area (Å²) < 4.78 is 8.38. The maximum Gasteiger partial charge on any atom is 0.354 e. The van der Waals surface area contributed by atoms with E-state index in [1.807, 2.05) is 39.0 Å². The van der Waals surface area contributed by atoms with Gasteiger partial charge < -0.3 is 9.30 Å². The topological polar surface area (TPSA) is 132 Å². The number of fused-ring (bicyclic) bond motifs is 1. The molecule has 35 heavy (non-hydrogen) atoms. The number of aryl methyl sites for hydroxylation is 4. The molecule has 0 bridgehead atoms. The third-order valence-electron chi connectivity index (χ3n) is 6.03. The van der Waals surface area contributed by atoms with Gasteiger partial charge in [-0.3, -0.25) is 19.1 Å². The second-order valence-electron chi connectivity index (χ2n) is 8.64. The van der Waals surface area contributed by atoms with Gasteiger partial charge in [-0.1, -0.05) is 25.5 Å². The first-order valence-corrected chi connectivity index (χ1v) is 11.5. The number of anilines is 1. The third-order valence-corrected chi connectivity index (χ3v) is 6.03. The van der Waals surface area contributed by atoms with Gasteiger partial charge in [-0.2, -0.15) is 10.1 Å². The molecule has 3 heterocycles. The molecule has 0 atom stereocenters. The molecule has 2 aromatic heterocycles. The number of nitrogens with zero attached hydrogens (tertiary/aromatic N) is 5. The number of esters is 1. The number of imidazole rings is 1. The number of H-pyrrole nitrogens is 1. The van der Waals surface area contributed by atoms with Crippen molar-refractivity contribution in [3.05, 3.63) is 56.0 Å². The summed E-state index contributed by atoms with van der Waals surface area (Å²) in [5.74, 6) is -0.555. The molecule has 1 amide bonds. The highest BCUT2D eigenvalue weighted by Gasteiger charge is 2.28. The predicted octanol–water partition coefficient (Wildman–Crippen LogP) is 2.07. The molecule has 184 valence electrons. The van der Waals surface area contributed by atoms with Crippen molar-refractivity contribution in [2.24, 2.45) is 12.1 Å². The Hall–Kier alpha value is -4.02. The quantitative estimate of drug-likeness (QED) is 0.515. The number of hydrogen-bond donors (Lipinski definition) is 1. The number of rotatable bonds is 7. The molecule has 0 radical (unpaired) electrons. The molecule has 1 N–H and O–H groups in total. The van der Waals surface area contributed by atoms with Crippen LogP contribution in [0.4, 0.5) is 5.69 Å². The summed E-state index contributed by atoms with van der Waals surface area (Å²) in [6.45, 7) is 5.98. The van der Waals surface area contributed by atoms with Gasteiger partial charge in [-0.05, 0) is 37.5 Å². The van der Waals surface area contributed by atoms with E-state index in [0.717, 1.165) is 24.0 Å². The Morgan fingerprint density at radius 2 is 1.94 bits per heavy atom. The van der Waals surface area contributed by atoms with Gasteiger partial charge >= 0.3 is 11.7 Å². The SMILES string of the molecule is CCCCn1c(=O)[nH]c(=O)c2c1nc(COC(=O)C1=NN(c3cc(C)ccc3C)C(=O)CC1)n2C. The lowest BCUT2D eigenvalue weighted by Crippen LogP contribution is -2.35. The lowest BCUT2D eigenvalue weighted by atomic mass is 10.1. The predicted molar refractivity (Wildman–Crippen MR) is 130 cm³/mol. The summed E-state index contributed by atoms with van der Waals surface area (Å²) in [5, 5.41) is 5.54. The second-order valence-corrected chi connectivity index (χ2v) is 8.64. The minimum Gasteiger partial charge on any atom is -0.453 e. The Morgan fingerprint density at radius 3 is 2.69 bits per heavy atom. The maximum atomic E-state index is 12.8. The van der Waals surface area contributed by atoms with Crippen LogP contribution < -0.4 is 16.3 Å². The van der Waals surface area contributed by atoms with Gasteiger partial charge in [-0.25, -0.2) is 14.6 Å². The summed E-state index contributed by atoms with van der Waals surface area (Å²) in [6, 6.07) is 5.68. The van der Waals surface area contributed by atoms with E-state index in [2.05, 4.69) is 15.1 Å². The number of aromatic nitrogens is 4. The minimum atomic E-state index is -0.669. The zero-order chi connectivity index (χ0) is 25.3. The van der Waals surface area contributed by atoms with E-state index in [1.54, 1.807) is 7.05 Å². The van der Waals surface area contributed by atoms with Crippen LogP contribution in [0.2, 0.25) is 0 Å². The highest BCUT2D eigenvalue weighted by molar-refractivity contribution is 6.38. The Kier molecular flexibility index (Phi) is 6.68. The molecule has 3 aromatic rings. The molecular formula is C24H28N6O5. The first-order valence-electron chi connectivity index (χ1n) is 11.5. The number of carbonyl (C=O) groups is 2. The zero-order valence-corrected chi connectivity index (χ0v) is 20.3. The highest BCUT2D eigenvalue weighted by Crippen LogP contribution is 2.25. The monoisotopic (exact) mass is 480 g/mol. The van der Waals surface area contributed by atoms with Crippen molar-refractivity contribution in [3.8, 4) is 0 Å². The van der Waals surface area contributed by atoms with Crippen LogP contribution in [0.15, 0.2) is 32.9 Å². The average molecular weight is 481 g/mol. The molecule has 0 aliphatic carbocycles. The fraction of sp³-hybridized carbons (Fsp3) is 0.417. The van der Waals surface area contributed by atoms with Crippen LogP contribution in [0.3, 0.4) is 0 Å². The number of carbonyl (C=O) groups excluding carboxylic acids is 2. The van der Waals surface area contributed by atoms with Gasteiger partial charge in [0.15, 0.2) is 11.2 Å². The van der Waals surface area contributed by atoms with E-state index < -0.39 is 17.2 Å². The first kappa shape index (κ1) is 24.1. The summed E-state index contributed by atoms with van der Waals surface area (Å²) in [5.41, 5.74) is 1.99. The van der Waals surface area contributed by atoms with Crippen LogP contribution in [-0.2, 0) is 34.5 Å². The van der Waals surface area contributed by atoms with Gasteiger partial charge in [0.2, 0.25) is 5.91 Å². The highest BCUT2D eigenvalue weighted by atomic mass is 16.5. The Labute approximate surface area is 201 Å². The van der Waals surface area contributed by atoms with Crippen LogP contribution in [0.1, 0.15) is 49.6 Å². The largest absolute Gasteiger partial charge is 0.453 e. The van der Waals surface area contributed by atoms with Crippen LogP contribution >= 0.6 is 0 Å². The Bertz CT molecular complexity index is 1460. The average Bonchev–Trinajstić information content (AvgIpc) is 3.15. The van der Waals surface area contributed by atoms with Gasteiger partial charge in [0.25, 0.3) is 5.56 Å². The molecule has 11 nitrogen and oxygen atoms in total. The van der Waals surface area contributed by atoms with Crippen LogP contribution in [0.25, 0.3) is 11.2 Å². The van der Waals surface area contributed by atoms with E-state index in [4.69, 9.17) is 4.74 Å². The Morgan fingerprint density at radius 1 is 1.17 bits per heavy atom. The van der Waals surface area contributed by atoms with Crippen molar-refractivity contribution < 1.29 is 14.3 Å². The van der Waals surface area contributed by atoms with E-state index in [0.29, 0.717) is 18.1 Å². The molecule has 11 heteroatoms. The fourth-order valence-corrected chi connectivity index (χ4v) is 3.99. The van der Waals surface area contributed by atoms with Crippen molar-refractivity contribution in [1.82, 2.24) is 19.1 Å². The summed E-state index contributed by atoms with van der Waals surface area (Å²) in [7, 11) is 1.63. The number of aromatic amines is 1. The van der Waals surface area contributed by atoms with Crippen molar-refractivity contribution in [3.63, 3.8) is 0 Å². The number of nitrogens with one attached hydrogen (secondary N) is 1. The van der Waals surface area contributed by atoms with Gasteiger partial charge in [0.05, 0.1) is 5.69 Å². The molecular weight excluding hydrogens is 452 g/mol. The summed E-state index contributed by atoms with van der Waals surface area (Å²) in [6.07, 6.45) is 1.91. The number of hydrogen-bond acceptors (Lipinski definition) is 7.